The molecule has 0 atom stereocenters. The Kier molecular flexibility index (Phi) is 6.07. The SMILES string of the molecule is Cc1cc(-c2nc3ccccc3s2)ccc1NC(=S)NC(=O)c1sc2cc(Cl)ccc2c1Cl. The average Bonchev–Trinajstić information content (AvgIpc) is 3.36. The zero-order chi connectivity index (χ0) is 23.1. The van der Waals surface area contributed by atoms with Crippen molar-refractivity contribution in [2.75, 3.05) is 5.32 Å². The molecule has 0 saturated carbocycles. The number of carbonyl (C=O) groups is 1. The van der Waals surface area contributed by atoms with Crippen molar-refractivity contribution in [2.24, 2.45) is 0 Å². The maximum Gasteiger partial charge on any atom is 0.269 e. The van der Waals surface area contributed by atoms with Crippen molar-refractivity contribution in [1.82, 2.24) is 10.3 Å². The second kappa shape index (κ2) is 9.00. The van der Waals surface area contributed by atoms with E-state index in [0.29, 0.717) is 14.9 Å². The first-order valence-electron chi connectivity index (χ1n) is 9.85. The van der Waals surface area contributed by atoms with Crippen LogP contribution in [0.3, 0.4) is 0 Å². The molecule has 5 rings (SSSR count). The summed E-state index contributed by atoms with van der Waals surface area (Å²) in [5.41, 5.74) is 3.81. The molecule has 3 aromatic carbocycles. The number of anilines is 1. The van der Waals surface area contributed by atoms with Gasteiger partial charge in [0, 0.05) is 26.4 Å². The molecule has 0 radical (unpaired) electrons. The van der Waals surface area contributed by atoms with Gasteiger partial charge in [-0.05, 0) is 67.2 Å². The van der Waals surface area contributed by atoms with E-state index in [-0.39, 0.29) is 11.0 Å². The number of aryl methyl sites for hydroxylation is 1. The van der Waals surface area contributed by atoms with E-state index in [1.165, 1.54) is 11.3 Å². The van der Waals surface area contributed by atoms with E-state index in [1.807, 2.05) is 37.3 Å². The zero-order valence-electron chi connectivity index (χ0n) is 17.1. The Hall–Kier alpha value is -2.55. The largest absolute Gasteiger partial charge is 0.332 e. The number of rotatable bonds is 3. The van der Waals surface area contributed by atoms with Crippen molar-refractivity contribution < 1.29 is 4.79 Å². The van der Waals surface area contributed by atoms with Crippen LogP contribution in [0.25, 0.3) is 30.9 Å². The number of halogens is 2. The van der Waals surface area contributed by atoms with E-state index in [9.17, 15) is 4.79 Å². The average molecular weight is 529 g/mol. The topological polar surface area (TPSA) is 54.0 Å². The van der Waals surface area contributed by atoms with Crippen LogP contribution in [0, 0.1) is 6.92 Å². The summed E-state index contributed by atoms with van der Waals surface area (Å²) in [6.07, 6.45) is 0. The number of hydrogen-bond donors (Lipinski definition) is 2. The molecule has 1 amide bonds. The highest BCUT2D eigenvalue weighted by Crippen LogP contribution is 2.37. The smallest absolute Gasteiger partial charge is 0.269 e. The van der Waals surface area contributed by atoms with Crippen LogP contribution >= 0.6 is 58.1 Å². The second-order valence-corrected chi connectivity index (χ2v) is 10.6. The standard InChI is InChI=1S/C24H15Cl2N3OS3/c1-12-10-13(23-27-17-4-2-3-5-18(17)33-23)6-9-16(12)28-24(31)29-22(30)21-20(26)15-8-7-14(25)11-19(15)32-21/h2-11H,1H3,(H2,28,29,30,31). The molecule has 0 unspecified atom stereocenters. The molecule has 0 fully saturated rings. The highest BCUT2D eigenvalue weighted by atomic mass is 35.5. The number of thiazole rings is 1. The third-order valence-electron chi connectivity index (χ3n) is 5.04. The molecule has 2 N–H and O–H groups in total. The Labute approximate surface area is 213 Å². The van der Waals surface area contributed by atoms with Gasteiger partial charge < -0.3 is 5.32 Å². The van der Waals surface area contributed by atoms with Crippen molar-refractivity contribution in [3.63, 3.8) is 0 Å². The molecule has 0 aliphatic carbocycles. The number of carbonyl (C=O) groups excluding carboxylic acids is 1. The normalized spacial score (nSPS) is 11.1. The Balaban J connectivity index is 1.31. The van der Waals surface area contributed by atoms with Crippen LogP contribution in [-0.2, 0) is 0 Å². The van der Waals surface area contributed by atoms with Gasteiger partial charge in [-0.3, -0.25) is 10.1 Å². The van der Waals surface area contributed by atoms with Crippen molar-refractivity contribution in [2.45, 2.75) is 6.92 Å². The van der Waals surface area contributed by atoms with Gasteiger partial charge in [-0.1, -0.05) is 41.4 Å². The Morgan fingerprint density at radius 3 is 2.61 bits per heavy atom. The van der Waals surface area contributed by atoms with Crippen molar-refractivity contribution in [3.8, 4) is 10.6 Å². The van der Waals surface area contributed by atoms with Gasteiger partial charge in [0.15, 0.2) is 5.11 Å². The minimum Gasteiger partial charge on any atom is -0.332 e. The van der Waals surface area contributed by atoms with Crippen molar-refractivity contribution >= 4 is 95.1 Å². The highest BCUT2D eigenvalue weighted by molar-refractivity contribution is 7.80. The number of amides is 1. The number of nitrogens with zero attached hydrogens (tertiary/aromatic N) is 1. The van der Waals surface area contributed by atoms with Crippen LogP contribution in [0.4, 0.5) is 5.69 Å². The predicted molar refractivity (Wildman–Crippen MR) is 145 cm³/mol. The zero-order valence-corrected chi connectivity index (χ0v) is 21.1. The fourth-order valence-corrected chi connectivity index (χ4v) is 6.28. The number of aromatic nitrogens is 1. The van der Waals surface area contributed by atoms with Gasteiger partial charge in [-0.25, -0.2) is 4.98 Å². The maximum absolute atomic E-state index is 12.8. The molecule has 0 saturated heterocycles. The number of para-hydroxylation sites is 1. The summed E-state index contributed by atoms with van der Waals surface area (Å²) in [4.78, 5) is 17.9. The summed E-state index contributed by atoms with van der Waals surface area (Å²) in [6.45, 7) is 1.98. The summed E-state index contributed by atoms with van der Waals surface area (Å²) >= 11 is 20.8. The summed E-state index contributed by atoms with van der Waals surface area (Å²) in [5, 5.41) is 8.75. The maximum atomic E-state index is 12.8. The fraction of sp³-hybridized carbons (Fsp3) is 0.0417. The molecule has 2 aromatic heterocycles. The number of fused-ring (bicyclic) bond motifs is 2. The molecule has 0 bridgehead atoms. The number of hydrogen-bond acceptors (Lipinski definition) is 5. The highest BCUT2D eigenvalue weighted by Gasteiger charge is 2.18. The first-order valence-corrected chi connectivity index (χ1v) is 12.7. The lowest BCUT2D eigenvalue weighted by Crippen LogP contribution is -2.34. The molecule has 2 heterocycles. The Morgan fingerprint density at radius 2 is 1.82 bits per heavy atom. The first-order chi connectivity index (χ1) is 15.9. The lowest BCUT2D eigenvalue weighted by molar-refractivity contribution is 0.0982. The van der Waals surface area contributed by atoms with Crippen molar-refractivity contribution in [1.29, 1.82) is 0 Å². The van der Waals surface area contributed by atoms with Crippen molar-refractivity contribution in [3.05, 3.63) is 81.1 Å². The van der Waals surface area contributed by atoms with Crippen LogP contribution in [0.5, 0.6) is 0 Å². The first kappa shape index (κ1) is 22.3. The van der Waals surface area contributed by atoms with E-state index in [4.69, 9.17) is 40.4 Å². The van der Waals surface area contributed by atoms with Crippen LogP contribution in [0.2, 0.25) is 10.0 Å². The third kappa shape index (κ3) is 4.47. The Bertz CT molecular complexity index is 1520. The van der Waals surface area contributed by atoms with E-state index in [2.05, 4.69) is 22.8 Å². The molecule has 4 nitrogen and oxygen atoms in total. The minimum atomic E-state index is -0.362. The second-order valence-electron chi connectivity index (χ2n) is 7.31. The third-order valence-corrected chi connectivity index (χ3v) is 8.22. The molecule has 33 heavy (non-hydrogen) atoms. The Morgan fingerprint density at radius 1 is 1.00 bits per heavy atom. The van der Waals surface area contributed by atoms with Gasteiger partial charge in [0.25, 0.3) is 5.91 Å². The fourth-order valence-electron chi connectivity index (χ4n) is 3.43. The quantitative estimate of drug-likeness (QED) is 0.234. The molecular formula is C24H15Cl2N3OS3. The predicted octanol–water partition coefficient (Wildman–Crippen LogP) is 7.92. The lowest BCUT2D eigenvalue weighted by atomic mass is 10.1. The molecule has 9 heteroatoms. The monoisotopic (exact) mass is 527 g/mol. The van der Waals surface area contributed by atoms with Gasteiger partial charge in [-0.15, -0.1) is 22.7 Å². The van der Waals surface area contributed by atoms with Gasteiger partial charge in [0.05, 0.1) is 15.2 Å². The van der Waals surface area contributed by atoms with Crippen LogP contribution < -0.4 is 10.6 Å². The van der Waals surface area contributed by atoms with E-state index < -0.39 is 0 Å². The number of thiocarbonyl (C=S) groups is 1. The molecule has 164 valence electrons. The summed E-state index contributed by atoms with van der Waals surface area (Å²) in [6, 6.07) is 19.4. The van der Waals surface area contributed by atoms with Gasteiger partial charge >= 0.3 is 0 Å². The molecule has 0 aliphatic heterocycles. The van der Waals surface area contributed by atoms with E-state index in [0.717, 1.165) is 42.1 Å². The van der Waals surface area contributed by atoms with Gasteiger partial charge in [-0.2, -0.15) is 0 Å². The van der Waals surface area contributed by atoms with Gasteiger partial charge in [0.1, 0.15) is 9.88 Å². The summed E-state index contributed by atoms with van der Waals surface area (Å²) in [7, 11) is 0. The van der Waals surface area contributed by atoms with Crippen LogP contribution in [0.15, 0.2) is 60.7 Å². The van der Waals surface area contributed by atoms with Crippen LogP contribution in [0.1, 0.15) is 15.2 Å². The van der Waals surface area contributed by atoms with E-state index in [1.54, 1.807) is 29.5 Å². The molecular weight excluding hydrogens is 513 g/mol. The van der Waals surface area contributed by atoms with Gasteiger partial charge in [0.2, 0.25) is 0 Å². The molecule has 0 aliphatic rings. The number of nitrogens with one attached hydrogen (secondary N) is 2. The summed E-state index contributed by atoms with van der Waals surface area (Å²) < 4.78 is 2.00. The summed E-state index contributed by atoms with van der Waals surface area (Å²) in [5.74, 6) is -0.362. The minimum absolute atomic E-state index is 0.197. The van der Waals surface area contributed by atoms with E-state index >= 15 is 0 Å². The number of benzene rings is 3. The molecule has 5 aromatic rings. The van der Waals surface area contributed by atoms with Crippen LogP contribution in [-0.4, -0.2) is 16.0 Å². The molecule has 0 spiro atoms. The number of thiophene rings is 1. The lowest BCUT2D eigenvalue weighted by Gasteiger charge is -2.12.